The van der Waals surface area contributed by atoms with Crippen molar-refractivity contribution in [3.05, 3.63) is 48.5 Å². The molecule has 0 aliphatic heterocycles. The zero-order valence-electron chi connectivity index (χ0n) is 26.4. The SMILES string of the molecule is CC(CCC(=O)Nc1cc(O)cc2cc3ccccc3cc12)[C@H]1CCC2C3C(C[C@H](O)[C@@]21C)[C@@]1(C)CC[C@@H](O)CC1C[C@H]3O. The maximum atomic E-state index is 13.3. The highest BCUT2D eigenvalue weighted by molar-refractivity contribution is 6.08. The minimum atomic E-state index is -0.430. The van der Waals surface area contributed by atoms with Gasteiger partial charge in [-0.05, 0) is 132 Å². The molecule has 0 saturated heterocycles. The number of phenolic OH excluding ortho intramolecular Hbond substituents is 1. The topological polar surface area (TPSA) is 110 Å². The highest BCUT2D eigenvalue weighted by Crippen LogP contribution is 2.68. The summed E-state index contributed by atoms with van der Waals surface area (Å²) in [4.78, 5) is 13.3. The molecule has 0 spiro atoms. The molecule has 0 radical (unpaired) electrons. The average molecular weight is 600 g/mol. The van der Waals surface area contributed by atoms with Gasteiger partial charge in [0.15, 0.2) is 0 Å². The normalized spacial score (nSPS) is 39.0. The van der Waals surface area contributed by atoms with Crippen LogP contribution in [-0.2, 0) is 4.79 Å². The van der Waals surface area contributed by atoms with Crippen molar-refractivity contribution < 1.29 is 25.2 Å². The number of hydrogen-bond donors (Lipinski definition) is 5. The van der Waals surface area contributed by atoms with E-state index < -0.39 is 6.10 Å². The van der Waals surface area contributed by atoms with E-state index in [1.807, 2.05) is 24.3 Å². The molecule has 4 fully saturated rings. The molecule has 4 saturated carbocycles. The number of aromatic hydroxyl groups is 1. The van der Waals surface area contributed by atoms with Crippen molar-refractivity contribution >= 4 is 33.1 Å². The molecule has 6 nitrogen and oxygen atoms in total. The van der Waals surface area contributed by atoms with Crippen molar-refractivity contribution in [2.75, 3.05) is 5.32 Å². The second kappa shape index (κ2) is 11.0. The van der Waals surface area contributed by atoms with E-state index in [2.05, 4.69) is 38.2 Å². The van der Waals surface area contributed by atoms with E-state index >= 15 is 0 Å². The third-order valence-electron chi connectivity index (χ3n) is 13.4. The van der Waals surface area contributed by atoms with Crippen LogP contribution in [-0.4, -0.2) is 44.6 Å². The number of phenols is 1. The van der Waals surface area contributed by atoms with Crippen molar-refractivity contribution in [3.8, 4) is 5.75 Å². The number of hydrogen-bond acceptors (Lipinski definition) is 5. The fraction of sp³-hybridized carbons (Fsp3) is 0.605. The summed E-state index contributed by atoms with van der Waals surface area (Å²) in [6.07, 6.45) is 6.09. The zero-order chi connectivity index (χ0) is 31.0. The van der Waals surface area contributed by atoms with E-state index in [4.69, 9.17) is 0 Å². The van der Waals surface area contributed by atoms with Gasteiger partial charge in [0.05, 0.1) is 24.0 Å². The lowest BCUT2D eigenvalue weighted by atomic mass is 9.43. The van der Waals surface area contributed by atoms with Gasteiger partial charge in [-0.3, -0.25) is 4.79 Å². The summed E-state index contributed by atoms with van der Waals surface area (Å²) in [5.74, 6) is 1.65. The van der Waals surface area contributed by atoms with E-state index in [-0.39, 0.29) is 64.3 Å². The molecule has 236 valence electrons. The second-order valence-corrected chi connectivity index (χ2v) is 15.5. The van der Waals surface area contributed by atoms with Gasteiger partial charge in [-0.1, -0.05) is 45.0 Å². The molecular weight excluding hydrogens is 550 g/mol. The third-order valence-corrected chi connectivity index (χ3v) is 13.4. The second-order valence-electron chi connectivity index (χ2n) is 15.5. The van der Waals surface area contributed by atoms with Crippen molar-refractivity contribution in [3.63, 3.8) is 0 Å². The molecule has 44 heavy (non-hydrogen) atoms. The lowest BCUT2D eigenvalue weighted by molar-refractivity contribution is -0.207. The molecule has 1 amide bonds. The summed E-state index contributed by atoms with van der Waals surface area (Å²) in [6, 6.07) is 15.6. The summed E-state index contributed by atoms with van der Waals surface area (Å²) < 4.78 is 0. The Labute approximate surface area is 260 Å². The number of nitrogens with one attached hydrogen (secondary N) is 1. The largest absolute Gasteiger partial charge is 0.508 e. The van der Waals surface area contributed by atoms with Crippen LogP contribution in [0.5, 0.6) is 5.75 Å². The summed E-state index contributed by atoms with van der Waals surface area (Å²) >= 11 is 0. The highest BCUT2D eigenvalue weighted by Gasteiger charge is 2.65. The molecule has 4 aliphatic carbocycles. The van der Waals surface area contributed by atoms with Crippen LogP contribution in [0.3, 0.4) is 0 Å². The highest BCUT2D eigenvalue weighted by atomic mass is 16.3. The standard InChI is InChI=1S/C38H49NO5/c1-21(8-11-35(44)39-32-19-27(41)15-24-14-22-6-4-5-7-23(22)16-28(24)32)29-9-10-30-36-31(20-34(43)38(29,30)3)37(2)13-12-26(40)17-25(37)18-33(36)42/h4-7,14-16,19,21,25-26,29-31,33-34,36,40-43H,8-13,17-18,20H2,1-3H3,(H,39,44)/t21?,25?,26-,29-,30?,31?,33-,34+,36?,37+,38-/m1/s1. The Morgan fingerprint density at radius 2 is 1.68 bits per heavy atom. The van der Waals surface area contributed by atoms with Gasteiger partial charge in [0.1, 0.15) is 5.75 Å². The first-order valence-corrected chi connectivity index (χ1v) is 17.0. The Morgan fingerprint density at radius 1 is 0.932 bits per heavy atom. The smallest absolute Gasteiger partial charge is 0.224 e. The number of aliphatic hydroxyl groups excluding tert-OH is 3. The van der Waals surface area contributed by atoms with Gasteiger partial charge >= 0.3 is 0 Å². The summed E-state index contributed by atoms with van der Waals surface area (Å²) in [6.45, 7) is 6.87. The van der Waals surface area contributed by atoms with Crippen LogP contribution in [0.15, 0.2) is 48.5 Å². The summed E-state index contributed by atoms with van der Waals surface area (Å²) in [5.41, 5.74) is 0.409. The number of carbonyl (C=O) groups is 1. The van der Waals surface area contributed by atoms with Gasteiger partial charge < -0.3 is 25.7 Å². The number of rotatable bonds is 5. The number of carbonyl (C=O) groups excluding carboxylic acids is 1. The number of anilines is 1. The first-order valence-electron chi connectivity index (χ1n) is 17.0. The molecule has 0 heterocycles. The van der Waals surface area contributed by atoms with Gasteiger partial charge in [0, 0.05) is 17.9 Å². The fourth-order valence-corrected chi connectivity index (χ4v) is 11.0. The van der Waals surface area contributed by atoms with Gasteiger partial charge in [-0.25, -0.2) is 0 Å². The number of fused-ring (bicyclic) bond motifs is 7. The molecule has 4 aliphatic rings. The molecule has 3 aromatic rings. The van der Waals surface area contributed by atoms with Crippen LogP contribution < -0.4 is 5.32 Å². The molecule has 0 aromatic heterocycles. The molecule has 5 unspecified atom stereocenters. The van der Waals surface area contributed by atoms with E-state index in [0.717, 1.165) is 72.9 Å². The Kier molecular flexibility index (Phi) is 7.50. The van der Waals surface area contributed by atoms with Crippen LogP contribution in [0.25, 0.3) is 21.5 Å². The van der Waals surface area contributed by atoms with Gasteiger partial charge in [0.2, 0.25) is 5.91 Å². The monoisotopic (exact) mass is 599 g/mol. The van der Waals surface area contributed by atoms with E-state index in [0.29, 0.717) is 18.0 Å². The summed E-state index contributed by atoms with van der Waals surface area (Å²) in [7, 11) is 0. The lowest BCUT2D eigenvalue weighted by Gasteiger charge is -2.63. The predicted octanol–water partition coefficient (Wildman–Crippen LogP) is 7.01. The van der Waals surface area contributed by atoms with Crippen LogP contribution in [0.2, 0.25) is 0 Å². The predicted molar refractivity (Wildman–Crippen MR) is 174 cm³/mol. The number of aliphatic hydroxyl groups is 3. The van der Waals surface area contributed by atoms with Crippen LogP contribution in [0.1, 0.15) is 78.6 Å². The van der Waals surface area contributed by atoms with Crippen molar-refractivity contribution in [2.45, 2.75) is 96.9 Å². The van der Waals surface area contributed by atoms with Gasteiger partial charge in [-0.2, -0.15) is 0 Å². The van der Waals surface area contributed by atoms with Gasteiger partial charge in [0.25, 0.3) is 0 Å². The van der Waals surface area contributed by atoms with Crippen LogP contribution >= 0.6 is 0 Å². The molecule has 0 bridgehead atoms. The van der Waals surface area contributed by atoms with E-state index in [1.54, 1.807) is 12.1 Å². The summed E-state index contributed by atoms with van der Waals surface area (Å²) in [5, 5.41) is 51.3. The maximum Gasteiger partial charge on any atom is 0.224 e. The molecule has 7 rings (SSSR count). The van der Waals surface area contributed by atoms with Crippen molar-refractivity contribution in [1.29, 1.82) is 0 Å². The lowest BCUT2D eigenvalue weighted by Crippen LogP contribution is -2.62. The Morgan fingerprint density at radius 3 is 2.45 bits per heavy atom. The molecule has 11 atom stereocenters. The zero-order valence-corrected chi connectivity index (χ0v) is 26.4. The maximum absolute atomic E-state index is 13.3. The number of amides is 1. The Bertz CT molecular complexity index is 1570. The van der Waals surface area contributed by atoms with Crippen LogP contribution in [0.4, 0.5) is 5.69 Å². The first-order chi connectivity index (χ1) is 21.0. The van der Waals surface area contributed by atoms with Gasteiger partial charge in [-0.15, -0.1) is 0 Å². The average Bonchev–Trinajstić information content (AvgIpc) is 3.35. The third kappa shape index (κ3) is 4.75. The van der Waals surface area contributed by atoms with Crippen molar-refractivity contribution in [2.24, 2.45) is 46.3 Å². The van der Waals surface area contributed by atoms with Crippen molar-refractivity contribution in [1.82, 2.24) is 0 Å². The molecule has 6 heteroatoms. The first kappa shape index (κ1) is 30.0. The Hall–Kier alpha value is -2.67. The van der Waals surface area contributed by atoms with E-state index in [9.17, 15) is 25.2 Å². The molecule has 5 N–H and O–H groups in total. The quantitative estimate of drug-likeness (QED) is 0.203. The fourth-order valence-electron chi connectivity index (χ4n) is 11.0. The van der Waals surface area contributed by atoms with Crippen LogP contribution in [0, 0.1) is 46.3 Å². The van der Waals surface area contributed by atoms with E-state index in [1.165, 1.54) is 0 Å². The molecular formula is C38H49NO5. The minimum absolute atomic E-state index is 0.0650. The number of benzene rings is 3. The minimum Gasteiger partial charge on any atom is -0.508 e. The Balaban J connectivity index is 1.05. The molecule has 3 aromatic carbocycles.